The number of aryl methyl sites for hydroxylation is 1. The predicted octanol–water partition coefficient (Wildman–Crippen LogP) is 3.33. The highest BCUT2D eigenvalue weighted by atomic mass is 79.9. The Labute approximate surface area is 147 Å². The van der Waals surface area contributed by atoms with Gasteiger partial charge in [0.25, 0.3) is 5.91 Å². The van der Waals surface area contributed by atoms with Crippen LogP contribution < -0.4 is 9.54 Å². The minimum atomic E-state index is -0.303. The van der Waals surface area contributed by atoms with Crippen LogP contribution in [-0.2, 0) is 11.3 Å². The standard InChI is InChI=1S/C16H19BrN2O3S/c1-10-11(2)23-16(19(10)7-8-21-3)18-15(20)13-9-12(22-4)5-6-14(13)17/h5-6,9H,7-8H2,1-4H3/b18-16-. The number of carbonyl (C=O) groups is 1. The summed E-state index contributed by atoms with van der Waals surface area (Å²) in [5, 5.41) is 0. The van der Waals surface area contributed by atoms with E-state index in [1.54, 1.807) is 32.4 Å². The van der Waals surface area contributed by atoms with Crippen molar-refractivity contribution in [2.45, 2.75) is 20.4 Å². The van der Waals surface area contributed by atoms with Gasteiger partial charge in [0.2, 0.25) is 0 Å². The molecule has 1 amide bonds. The van der Waals surface area contributed by atoms with Crippen LogP contribution in [0.2, 0.25) is 0 Å². The van der Waals surface area contributed by atoms with Crippen LogP contribution in [0.15, 0.2) is 27.7 Å². The Morgan fingerprint density at radius 2 is 2.09 bits per heavy atom. The lowest BCUT2D eigenvalue weighted by atomic mass is 10.2. The molecule has 23 heavy (non-hydrogen) atoms. The second-order valence-electron chi connectivity index (χ2n) is 4.93. The topological polar surface area (TPSA) is 52.8 Å². The number of methoxy groups -OCH3 is 2. The molecule has 0 aliphatic carbocycles. The van der Waals surface area contributed by atoms with Gasteiger partial charge in [-0.3, -0.25) is 4.79 Å². The molecule has 0 saturated carbocycles. The van der Waals surface area contributed by atoms with E-state index in [1.807, 2.05) is 18.4 Å². The summed E-state index contributed by atoms with van der Waals surface area (Å²) in [5.41, 5.74) is 1.58. The van der Waals surface area contributed by atoms with Crippen LogP contribution in [0, 0.1) is 13.8 Å². The normalized spacial score (nSPS) is 11.8. The van der Waals surface area contributed by atoms with Crippen LogP contribution in [0.25, 0.3) is 0 Å². The lowest BCUT2D eigenvalue weighted by Crippen LogP contribution is -2.20. The number of thiazole rings is 1. The van der Waals surface area contributed by atoms with E-state index in [2.05, 4.69) is 20.9 Å². The summed E-state index contributed by atoms with van der Waals surface area (Å²) in [4.78, 5) is 18.7. The summed E-state index contributed by atoms with van der Waals surface area (Å²) in [7, 11) is 3.23. The van der Waals surface area contributed by atoms with Gasteiger partial charge in [0, 0.05) is 28.7 Å². The molecular formula is C16H19BrN2O3S. The van der Waals surface area contributed by atoms with Crippen molar-refractivity contribution >= 4 is 33.2 Å². The molecule has 0 unspecified atom stereocenters. The van der Waals surface area contributed by atoms with Crippen molar-refractivity contribution in [2.24, 2.45) is 4.99 Å². The van der Waals surface area contributed by atoms with Crippen molar-refractivity contribution in [2.75, 3.05) is 20.8 Å². The molecule has 0 spiro atoms. The highest BCUT2D eigenvalue weighted by Crippen LogP contribution is 2.23. The molecule has 0 bridgehead atoms. The van der Waals surface area contributed by atoms with Crippen molar-refractivity contribution in [3.8, 4) is 5.75 Å². The van der Waals surface area contributed by atoms with E-state index in [-0.39, 0.29) is 5.91 Å². The zero-order valence-electron chi connectivity index (χ0n) is 13.6. The van der Waals surface area contributed by atoms with E-state index in [9.17, 15) is 4.79 Å². The van der Waals surface area contributed by atoms with Gasteiger partial charge in [-0.25, -0.2) is 0 Å². The van der Waals surface area contributed by atoms with E-state index in [0.717, 1.165) is 10.6 Å². The molecule has 0 fully saturated rings. The van der Waals surface area contributed by atoms with Crippen molar-refractivity contribution in [3.05, 3.63) is 43.6 Å². The van der Waals surface area contributed by atoms with Gasteiger partial charge in [0.05, 0.1) is 19.3 Å². The van der Waals surface area contributed by atoms with Gasteiger partial charge in [-0.05, 0) is 48.0 Å². The second-order valence-corrected chi connectivity index (χ2v) is 6.97. The lowest BCUT2D eigenvalue weighted by Gasteiger charge is -2.06. The monoisotopic (exact) mass is 398 g/mol. The number of amides is 1. The molecule has 0 saturated heterocycles. The van der Waals surface area contributed by atoms with E-state index >= 15 is 0 Å². The molecule has 2 rings (SSSR count). The Morgan fingerprint density at radius 3 is 2.74 bits per heavy atom. The predicted molar refractivity (Wildman–Crippen MR) is 94.2 cm³/mol. The molecule has 7 heteroatoms. The van der Waals surface area contributed by atoms with Gasteiger partial charge in [-0.1, -0.05) is 0 Å². The van der Waals surface area contributed by atoms with E-state index < -0.39 is 0 Å². The molecule has 0 N–H and O–H groups in total. The Bertz CT molecular complexity index is 780. The highest BCUT2D eigenvalue weighted by molar-refractivity contribution is 9.10. The average molecular weight is 399 g/mol. The first kappa shape index (κ1) is 17.9. The zero-order valence-corrected chi connectivity index (χ0v) is 16.0. The van der Waals surface area contributed by atoms with Crippen LogP contribution in [0.3, 0.4) is 0 Å². The van der Waals surface area contributed by atoms with Crippen molar-refractivity contribution < 1.29 is 14.3 Å². The SMILES string of the molecule is COCCn1c(C)c(C)s/c1=N\C(=O)c1cc(OC)ccc1Br. The third kappa shape index (κ3) is 4.10. The molecule has 0 atom stereocenters. The maximum Gasteiger partial charge on any atom is 0.280 e. The quantitative estimate of drug-likeness (QED) is 0.775. The number of rotatable bonds is 5. The zero-order chi connectivity index (χ0) is 17.0. The minimum absolute atomic E-state index is 0.303. The number of aromatic nitrogens is 1. The molecule has 5 nitrogen and oxygen atoms in total. The fourth-order valence-corrected chi connectivity index (χ4v) is 3.49. The van der Waals surface area contributed by atoms with Crippen LogP contribution >= 0.6 is 27.3 Å². The molecule has 2 aromatic rings. The van der Waals surface area contributed by atoms with Crippen LogP contribution in [0.1, 0.15) is 20.9 Å². The van der Waals surface area contributed by atoms with Gasteiger partial charge in [-0.15, -0.1) is 11.3 Å². The summed E-state index contributed by atoms with van der Waals surface area (Å²) in [6.45, 7) is 5.28. The maximum absolute atomic E-state index is 12.6. The molecule has 0 aliphatic rings. The van der Waals surface area contributed by atoms with Crippen molar-refractivity contribution in [1.29, 1.82) is 0 Å². The third-order valence-electron chi connectivity index (χ3n) is 3.51. The maximum atomic E-state index is 12.6. The number of carbonyl (C=O) groups excluding carboxylic acids is 1. The summed E-state index contributed by atoms with van der Waals surface area (Å²) < 4.78 is 13.0. The molecule has 1 aromatic carbocycles. The largest absolute Gasteiger partial charge is 0.497 e. The van der Waals surface area contributed by atoms with E-state index in [1.165, 1.54) is 11.3 Å². The van der Waals surface area contributed by atoms with Crippen molar-refractivity contribution in [3.63, 3.8) is 0 Å². The van der Waals surface area contributed by atoms with E-state index in [0.29, 0.717) is 33.7 Å². The summed E-state index contributed by atoms with van der Waals surface area (Å²) in [5.74, 6) is 0.320. The van der Waals surface area contributed by atoms with Crippen LogP contribution in [-0.4, -0.2) is 31.3 Å². The Kier molecular flexibility index (Phi) is 6.15. The Hall–Kier alpha value is -1.44. The molecule has 1 heterocycles. The van der Waals surface area contributed by atoms with Gasteiger partial charge >= 0.3 is 0 Å². The van der Waals surface area contributed by atoms with Crippen LogP contribution in [0.5, 0.6) is 5.75 Å². The molecular weight excluding hydrogens is 380 g/mol. The minimum Gasteiger partial charge on any atom is -0.497 e. The number of halogens is 1. The third-order valence-corrected chi connectivity index (χ3v) is 5.30. The van der Waals surface area contributed by atoms with Gasteiger partial charge < -0.3 is 14.0 Å². The highest BCUT2D eigenvalue weighted by Gasteiger charge is 2.13. The van der Waals surface area contributed by atoms with Gasteiger partial charge in [0.15, 0.2) is 4.80 Å². The molecule has 0 aliphatic heterocycles. The first-order chi connectivity index (χ1) is 11.0. The van der Waals surface area contributed by atoms with Gasteiger partial charge in [-0.2, -0.15) is 4.99 Å². The van der Waals surface area contributed by atoms with Crippen LogP contribution in [0.4, 0.5) is 0 Å². The van der Waals surface area contributed by atoms with E-state index in [4.69, 9.17) is 9.47 Å². The number of hydrogen-bond acceptors (Lipinski definition) is 4. The Balaban J connectivity index is 2.46. The fraction of sp³-hybridized carbons (Fsp3) is 0.375. The fourth-order valence-electron chi connectivity index (χ4n) is 2.07. The first-order valence-electron chi connectivity index (χ1n) is 7.06. The average Bonchev–Trinajstić information content (AvgIpc) is 2.80. The molecule has 1 aromatic heterocycles. The second kappa shape index (κ2) is 7.90. The number of hydrogen-bond donors (Lipinski definition) is 0. The molecule has 124 valence electrons. The lowest BCUT2D eigenvalue weighted by molar-refractivity contribution is 0.0996. The number of benzene rings is 1. The summed E-state index contributed by atoms with van der Waals surface area (Å²) in [6, 6.07) is 5.26. The van der Waals surface area contributed by atoms with Crippen molar-refractivity contribution in [1.82, 2.24) is 4.57 Å². The number of nitrogens with zero attached hydrogens (tertiary/aromatic N) is 2. The molecule has 0 radical (unpaired) electrons. The van der Waals surface area contributed by atoms with Gasteiger partial charge in [0.1, 0.15) is 5.75 Å². The first-order valence-corrected chi connectivity index (χ1v) is 8.67. The smallest absolute Gasteiger partial charge is 0.280 e. The summed E-state index contributed by atoms with van der Waals surface area (Å²) in [6.07, 6.45) is 0. The summed E-state index contributed by atoms with van der Waals surface area (Å²) >= 11 is 4.90. The number of ether oxygens (including phenoxy) is 2. The Morgan fingerprint density at radius 1 is 1.35 bits per heavy atom.